The van der Waals surface area contributed by atoms with Gasteiger partial charge in [0.2, 0.25) is 5.91 Å². The third kappa shape index (κ3) is 4.51. The van der Waals surface area contributed by atoms with Gasteiger partial charge in [0.05, 0.1) is 11.5 Å². The molecule has 0 unspecified atom stereocenters. The Balaban J connectivity index is 1.89. The summed E-state index contributed by atoms with van der Waals surface area (Å²) in [7, 11) is 1.76. The maximum absolute atomic E-state index is 12.2. The van der Waals surface area contributed by atoms with Crippen molar-refractivity contribution in [1.82, 2.24) is 10.2 Å². The van der Waals surface area contributed by atoms with E-state index in [2.05, 4.69) is 5.32 Å². The molecule has 0 aliphatic heterocycles. The van der Waals surface area contributed by atoms with Crippen molar-refractivity contribution in [3.8, 4) is 0 Å². The third-order valence-electron chi connectivity index (χ3n) is 4.24. The van der Waals surface area contributed by atoms with Crippen molar-refractivity contribution in [2.45, 2.75) is 38.1 Å². The molecule has 1 aromatic rings. The molecule has 1 aliphatic rings. The van der Waals surface area contributed by atoms with Crippen LogP contribution in [0, 0.1) is 10.1 Å². The highest BCUT2D eigenvalue weighted by Crippen LogP contribution is 2.21. The minimum Gasteiger partial charge on any atom is -0.343 e. The van der Waals surface area contributed by atoms with Crippen molar-refractivity contribution in [3.05, 3.63) is 39.9 Å². The summed E-state index contributed by atoms with van der Waals surface area (Å²) in [6.07, 6.45) is 5.47. The number of non-ortho nitro benzene ring substituents is 1. The van der Waals surface area contributed by atoms with Gasteiger partial charge in [0, 0.05) is 30.8 Å². The van der Waals surface area contributed by atoms with Crippen molar-refractivity contribution in [1.29, 1.82) is 0 Å². The number of nitro groups is 1. The molecule has 7 nitrogen and oxygen atoms in total. The first-order chi connectivity index (χ1) is 11.0. The Kier molecular flexibility index (Phi) is 5.67. The van der Waals surface area contributed by atoms with Crippen LogP contribution in [0.4, 0.5) is 5.69 Å². The average Bonchev–Trinajstić information content (AvgIpc) is 2.59. The highest BCUT2D eigenvalue weighted by Gasteiger charge is 2.22. The van der Waals surface area contributed by atoms with Crippen molar-refractivity contribution in [2.75, 3.05) is 13.6 Å². The number of nitro benzene ring substituents is 1. The number of rotatable bonds is 5. The lowest BCUT2D eigenvalue weighted by Crippen LogP contribution is -2.44. The van der Waals surface area contributed by atoms with Crippen LogP contribution in [-0.4, -0.2) is 41.3 Å². The Morgan fingerprint density at radius 2 is 2.00 bits per heavy atom. The van der Waals surface area contributed by atoms with Crippen molar-refractivity contribution in [2.24, 2.45) is 0 Å². The Labute approximate surface area is 134 Å². The number of benzene rings is 1. The summed E-state index contributed by atoms with van der Waals surface area (Å²) in [5.41, 5.74) is 0.0237. The van der Waals surface area contributed by atoms with E-state index in [0.29, 0.717) is 0 Å². The molecule has 1 aliphatic carbocycles. The van der Waals surface area contributed by atoms with E-state index in [1.165, 1.54) is 30.7 Å². The molecule has 0 saturated heterocycles. The topological polar surface area (TPSA) is 92.6 Å². The Morgan fingerprint density at radius 1 is 1.30 bits per heavy atom. The van der Waals surface area contributed by atoms with E-state index in [0.717, 1.165) is 25.7 Å². The molecule has 0 bridgehead atoms. The molecular weight excluding hydrogens is 298 g/mol. The number of amides is 2. The molecule has 23 heavy (non-hydrogen) atoms. The number of hydrogen-bond donors (Lipinski definition) is 1. The number of hydrogen-bond acceptors (Lipinski definition) is 4. The van der Waals surface area contributed by atoms with Gasteiger partial charge in [-0.3, -0.25) is 19.7 Å². The number of carbonyl (C=O) groups excluding carboxylic acids is 2. The van der Waals surface area contributed by atoms with Gasteiger partial charge in [-0.05, 0) is 18.9 Å². The lowest BCUT2D eigenvalue weighted by atomic mass is 9.94. The normalized spacial score (nSPS) is 15.0. The fraction of sp³-hybridized carbons (Fsp3) is 0.500. The number of carbonyl (C=O) groups is 2. The van der Waals surface area contributed by atoms with Gasteiger partial charge >= 0.3 is 0 Å². The quantitative estimate of drug-likeness (QED) is 0.664. The third-order valence-corrected chi connectivity index (χ3v) is 4.24. The van der Waals surface area contributed by atoms with Gasteiger partial charge < -0.3 is 10.2 Å². The molecule has 0 aromatic heterocycles. The van der Waals surface area contributed by atoms with E-state index < -0.39 is 10.8 Å². The van der Waals surface area contributed by atoms with E-state index in [1.807, 2.05) is 0 Å². The van der Waals surface area contributed by atoms with Crippen LogP contribution in [0.1, 0.15) is 42.5 Å². The minimum absolute atomic E-state index is 0.103. The molecule has 0 radical (unpaired) electrons. The molecule has 2 rings (SSSR count). The molecule has 0 spiro atoms. The predicted molar refractivity (Wildman–Crippen MR) is 85.1 cm³/mol. The second-order valence-corrected chi connectivity index (χ2v) is 5.79. The minimum atomic E-state index is -0.557. The summed E-state index contributed by atoms with van der Waals surface area (Å²) >= 11 is 0. The lowest BCUT2D eigenvalue weighted by molar-refractivity contribution is -0.384. The van der Waals surface area contributed by atoms with Crippen LogP contribution in [0.25, 0.3) is 0 Å². The highest BCUT2D eigenvalue weighted by atomic mass is 16.6. The van der Waals surface area contributed by atoms with Gasteiger partial charge in [-0.1, -0.05) is 25.3 Å². The standard InChI is InChI=1S/C16H21N3O4/c1-18(13-7-3-2-4-8-13)15(20)11-17-16(21)12-6-5-9-14(10-12)19(22)23/h5-6,9-10,13H,2-4,7-8,11H2,1H3,(H,17,21). The first-order valence-corrected chi connectivity index (χ1v) is 7.77. The van der Waals surface area contributed by atoms with Crippen LogP contribution >= 0.6 is 0 Å². The number of nitrogens with zero attached hydrogens (tertiary/aromatic N) is 2. The van der Waals surface area contributed by atoms with Gasteiger partial charge in [0.15, 0.2) is 0 Å². The van der Waals surface area contributed by atoms with Gasteiger partial charge in [-0.15, -0.1) is 0 Å². The molecule has 1 saturated carbocycles. The van der Waals surface area contributed by atoms with Crippen LogP contribution < -0.4 is 5.32 Å². The first kappa shape index (κ1) is 16.9. The summed E-state index contributed by atoms with van der Waals surface area (Å²) in [5, 5.41) is 13.3. The van der Waals surface area contributed by atoms with E-state index in [9.17, 15) is 19.7 Å². The summed E-state index contributed by atoms with van der Waals surface area (Å²) in [5.74, 6) is -0.630. The molecule has 0 atom stereocenters. The second-order valence-electron chi connectivity index (χ2n) is 5.79. The average molecular weight is 319 g/mol. The summed E-state index contributed by atoms with van der Waals surface area (Å²) in [4.78, 5) is 36.0. The van der Waals surface area contributed by atoms with E-state index in [-0.39, 0.29) is 29.7 Å². The van der Waals surface area contributed by atoms with Gasteiger partial charge in [0.1, 0.15) is 0 Å². The summed E-state index contributed by atoms with van der Waals surface area (Å²) in [6.45, 7) is -0.103. The maximum Gasteiger partial charge on any atom is 0.270 e. The Bertz CT molecular complexity index is 597. The smallest absolute Gasteiger partial charge is 0.270 e. The summed E-state index contributed by atoms with van der Waals surface area (Å²) in [6, 6.07) is 5.69. The Morgan fingerprint density at radius 3 is 2.65 bits per heavy atom. The lowest BCUT2D eigenvalue weighted by Gasteiger charge is -2.31. The van der Waals surface area contributed by atoms with Crippen molar-refractivity contribution in [3.63, 3.8) is 0 Å². The molecule has 2 amide bonds. The maximum atomic E-state index is 12.2. The molecule has 124 valence electrons. The van der Waals surface area contributed by atoms with E-state index in [4.69, 9.17) is 0 Å². The van der Waals surface area contributed by atoms with Gasteiger partial charge in [-0.2, -0.15) is 0 Å². The molecule has 1 aromatic carbocycles. The second kappa shape index (κ2) is 7.71. The largest absolute Gasteiger partial charge is 0.343 e. The van der Waals surface area contributed by atoms with E-state index in [1.54, 1.807) is 11.9 Å². The van der Waals surface area contributed by atoms with Crippen LogP contribution in [0.3, 0.4) is 0 Å². The summed E-state index contributed by atoms with van der Waals surface area (Å²) < 4.78 is 0. The molecule has 1 fully saturated rings. The van der Waals surface area contributed by atoms with Crippen LogP contribution in [0.5, 0.6) is 0 Å². The van der Waals surface area contributed by atoms with Crippen molar-refractivity contribution >= 4 is 17.5 Å². The van der Waals surface area contributed by atoms with E-state index >= 15 is 0 Å². The first-order valence-electron chi connectivity index (χ1n) is 7.77. The van der Waals surface area contributed by atoms with Crippen molar-refractivity contribution < 1.29 is 14.5 Å². The van der Waals surface area contributed by atoms with Crippen LogP contribution in [-0.2, 0) is 4.79 Å². The van der Waals surface area contributed by atoms with Crippen LogP contribution in [0.15, 0.2) is 24.3 Å². The molecule has 1 N–H and O–H groups in total. The zero-order valence-electron chi connectivity index (χ0n) is 13.2. The molecular formula is C16H21N3O4. The highest BCUT2D eigenvalue weighted by molar-refractivity contribution is 5.96. The fourth-order valence-corrected chi connectivity index (χ4v) is 2.82. The molecule has 0 heterocycles. The van der Waals surface area contributed by atoms with Gasteiger partial charge in [-0.25, -0.2) is 0 Å². The zero-order chi connectivity index (χ0) is 16.8. The zero-order valence-corrected chi connectivity index (χ0v) is 13.2. The SMILES string of the molecule is CN(C(=O)CNC(=O)c1cccc([N+](=O)[O-])c1)C1CCCCC1. The number of nitrogens with one attached hydrogen (secondary N) is 1. The molecule has 7 heteroatoms. The number of likely N-dealkylation sites (N-methyl/N-ethyl adjacent to an activating group) is 1. The Hall–Kier alpha value is -2.44. The van der Waals surface area contributed by atoms with Crippen LogP contribution in [0.2, 0.25) is 0 Å². The van der Waals surface area contributed by atoms with Gasteiger partial charge in [0.25, 0.3) is 11.6 Å². The predicted octanol–water partition coefficient (Wildman–Crippen LogP) is 2.12. The fourth-order valence-electron chi connectivity index (χ4n) is 2.82. The monoisotopic (exact) mass is 319 g/mol.